The molecule has 3 aromatic rings. The van der Waals surface area contributed by atoms with E-state index in [-0.39, 0.29) is 6.10 Å². The zero-order valence-electron chi connectivity index (χ0n) is 13.6. The summed E-state index contributed by atoms with van der Waals surface area (Å²) in [7, 11) is 1.66. The van der Waals surface area contributed by atoms with Crippen molar-refractivity contribution >= 4 is 16.9 Å². The van der Waals surface area contributed by atoms with Gasteiger partial charge in [-0.1, -0.05) is 12.1 Å². The van der Waals surface area contributed by atoms with E-state index in [1.807, 2.05) is 30.5 Å². The standard InChI is InChI=1S/C18H20N4O2/c1-24-14-6-2-4-12(8-14)15-9-19-17-16(15)18(21-11-20-17)22-7-3-5-13(23)10-22/h2,4,6,8-9,11,13,23H,3,5,7,10H2,1H3,(H,19,20,21). The second-order valence-corrected chi connectivity index (χ2v) is 6.10. The Morgan fingerprint density at radius 1 is 1.33 bits per heavy atom. The maximum Gasteiger partial charge on any atom is 0.143 e. The Balaban J connectivity index is 1.85. The van der Waals surface area contributed by atoms with Crippen molar-refractivity contribution in [1.29, 1.82) is 0 Å². The summed E-state index contributed by atoms with van der Waals surface area (Å²) >= 11 is 0. The molecule has 2 aromatic heterocycles. The first kappa shape index (κ1) is 15.0. The van der Waals surface area contributed by atoms with E-state index in [1.54, 1.807) is 13.4 Å². The van der Waals surface area contributed by atoms with Crippen LogP contribution >= 0.6 is 0 Å². The number of aromatic amines is 1. The van der Waals surface area contributed by atoms with Gasteiger partial charge in [0.2, 0.25) is 0 Å². The lowest BCUT2D eigenvalue weighted by Gasteiger charge is -2.31. The minimum absolute atomic E-state index is 0.303. The molecule has 1 aliphatic heterocycles. The Morgan fingerprint density at radius 2 is 2.25 bits per heavy atom. The fraction of sp³-hybridized carbons (Fsp3) is 0.333. The van der Waals surface area contributed by atoms with Gasteiger partial charge >= 0.3 is 0 Å². The smallest absolute Gasteiger partial charge is 0.143 e. The molecule has 1 aliphatic rings. The molecule has 1 fully saturated rings. The van der Waals surface area contributed by atoms with Gasteiger partial charge in [-0.25, -0.2) is 9.97 Å². The third-order valence-corrected chi connectivity index (χ3v) is 4.53. The number of methoxy groups -OCH3 is 1. The molecular weight excluding hydrogens is 304 g/mol. The van der Waals surface area contributed by atoms with Gasteiger partial charge in [0.15, 0.2) is 0 Å². The molecule has 0 saturated carbocycles. The molecule has 0 aliphatic carbocycles. The van der Waals surface area contributed by atoms with E-state index in [0.717, 1.165) is 53.1 Å². The van der Waals surface area contributed by atoms with E-state index in [1.165, 1.54) is 0 Å². The Hall–Kier alpha value is -2.60. The molecule has 0 bridgehead atoms. The first-order valence-corrected chi connectivity index (χ1v) is 8.16. The second kappa shape index (κ2) is 6.13. The summed E-state index contributed by atoms with van der Waals surface area (Å²) in [4.78, 5) is 14.3. The predicted octanol–water partition coefficient (Wildman–Crippen LogP) is 2.59. The van der Waals surface area contributed by atoms with Crippen molar-refractivity contribution in [3.05, 3.63) is 36.8 Å². The predicted molar refractivity (Wildman–Crippen MR) is 93.3 cm³/mol. The molecular formula is C18H20N4O2. The highest BCUT2D eigenvalue weighted by atomic mass is 16.5. The van der Waals surface area contributed by atoms with Gasteiger partial charge in [-0.15, -0.1) is 0 Å². The Bertz CT molecular complexity index is 861. The number of nitrogens with one attached hydrogen (secondary N) is 1. The molecule has 2 N–H and O–H groups in total. The molecule has 24 heavy (non-hydrogen) atoms. The minimum atomic E-state index is -0.303. The fourth-order valence-electron chi connectivity index (χ4n) is 3.35. The summed E-state index contributed by atoms with van der Waals surface area (Å²) in [6.45, 7) is 1.50. The van der Waals surface area contributed by atoms with Gasteiger partial charge in [-0.2, -0.15) is 0 Å². The SMILES string of the molecule is COc1cccc(-c2c[nH]c3ncnc(N4CCCC(O)C4)c23)c1. The Kier molecular flexibility index (Phi) is 3.82. The van der Waals surface area contributed by atoms with Crippen LogP contribution in [0.1, 0.15) is 12.8 Å². The molecule has 6 nitrogen and oxygen atoms in total. The highest BCUT2D eigenvalue weighted by Gasteiger charge is 2.23. The average Bonchev–Trinajstić information content (AvgIpc) is 3.06. The number of benzene rings is 1. The number of aliphatic hydroxyl groups is 1. The summed E-state index contributed by atoms with van der Waals surface area (Å²) in [5, 5.41) is 11.0. The lowest BCUT2D eigenvalue weighted by molar-refractivity contribution is 0.154. The second-order valence-electron chi connectivity index (χ2n) is 6.10. The van der Waals surface area contributed by atoms with Crippen LogP contribution in [0.4, 0.5) is 5.82 Å². The molecule has 4 rings (SSSR count). The van der Waals surface area contributed by atoms with Crippen molar-refractivity contribution in [3.63, 3.8) is 0 Å². The summed E-state index contributed by atoms with van der Waals surface area (Å²) in [6, 6.07) is 7.95. The number of H-pyrrole nitrogens is 1. The van der Waals surface area contributed by atoms with Gasteiger partial charge in [-0.3, -0.25) is 0 Å². The molecule has 6 heteroatoms. The normalized spacial score (nSPS) is 18.1. The van der Waals surface area contributed by atoms with Crippen molar-refractivity contribution in [2.24, 2.45) is 0 Å². The molecule has 0 radical (unpaired) electrons. The number of hydrogen-bond acceptors (Lipinski definition) is 5. The Labute approximate surface area is 140 Å². The maximum atomic E-state index is 10.0. The van der Waals surface area contributed by atoms with Gasteiger partial charge in [0.25, 0.3) is 0 Å². The third kappa shape index (κ3) is 2.59. The number of aliphatic hydroxyl groups excluding tert-OH is 1. The monoisotopic (exact) mass is 324 g/mol. The van der Waals surface area contributed by atoms with Crippen molar-refractivity contribution in [2.75, 3.05) is 25.1 Å². The van der Waals surface area contributed by atoms with Crippen molar-refractivity contribution in [1.82, 2.24) is 15.0 Å². The largest absolute Gasteiger partial charge is 0.497 e. The number of nitrogens with zero attached hydrogens (tertiary/aromatic N) is 3. The first-order valence-electron chi connectivity index (χ1n) is 8.16. The van der Waals surface area contributed by atoms with E-state index < -0.39 is 0 Å². The number of ether oxygens (including phenoxy) is 1. The van der Waals surface area contributed by atoms with E-state index in [9.17, 15) is 5.11 Å². The Morgan fingerprint density at radius 3 is 3.08 bits per heavy atom. The van der Waals surface area contributed by atoms with Crippen LogP contribution in [0.15, 0.2) is 36.8 Å². The van der Waals surface area contributed by atoms with Gasteiger partial charge < -0.3 is 19.7 Å². The average molecular weight is 324 g/mol. The highest BCUT2D eigenvalue weighted by Crippen LogP contribution is 2.35. The summed E-state index contributed by atoms with van der Waals surface area (Å²) < 4.78 is 5.34. The van der Waals surface area contributed by atoms with Gasteiger partial charge in [0.1, 0.15) is 23.5 Å². The topological polar surface area (TPSA) is 74.3 Å². The quantitative estimate of drug-likeness (QED) is 0.774. The zero-order chi connectivity index (χ0) is 16.5. The van der Waals surface area contributed by atoms with Crippen LogP contribution < -0.4 is 9.64 Å². The summed E-state index contributed by atoms with van der Waals surface area (Å²) in [6.07, 6.45) is 5.04. The van der Waals surface area contributed by atoms with E-state index in [4.69, 9.17) is 4.74 Å². The van der Waals surface area contributed by atoms with Crippen molar-refractivity contribution < 1.29 is 9.84 Å². The molecule has 1 saturated heterocycles. The highest BCUT2D eigenvalue weighted by molar-refractivity contribution is 6.01. The number of piperidine rings is 1. The molecule has 124 valence electrons. The fourth-order valence-corrected chi connectivity index (χ4v) is 3.35. The molecule has 0 amide bonds. The van der Waals surface area contributed by atoms with Crippen LogP contribution in [-0.2, 0) is 0 Å². The van der Waals surface area contributed by atoms with Gasteiger partial charge in [-0.05, 0) is 30.5 Å². The maximum absolute atomic E-state index is 10.0. The van der Waals surface area contributed by atoms with Crippen LogP contribution in [0, 0.1) is 0 Å². The summed E-state index contributed by atoms with van der Waals surface area (Å²) in [5.74, 6) is 1.69. The number of rotatable bonds is 3. The number of fused-ring (bicyclic) bond motifs is 1. The summed E-state index contributed by atoms with van der Waals surface area (Å²) in [5.41, 5.74) is 2.90. The van der Waals surface area contributed by atoms with Crippen molar-refractivity contribution in [3.8, 4) is 16.9 Å². The van der Waals surface area contributed by atoms with Crippen molar-refractivity contribution in [2.45, 2.75) is 18.9 Å². The number of anilines is 1. The van der Waals surface area contributed by atoms with Crippen LogP contribution in [0.3, 0.4) is 0 Å². The van der Waals surface area contributed by atoms with Gasteiger partial charge in [0, 0.05) is 24.8 Å². The number of hydrogen-bond donors (Lipinski definition) is 2. The van der Waals surface area contributed by atoms with E-state index in [2.05, 4.69) is 19.9 Å². The van der Waals surface area contributed by atoms with Crippen LogP contribution in [0.5, 0.6) is 5.75 Å². The lowest BCUT2D eigenvalue weighted by Crippen LogP contribution is -2.38. The van der Waals surface area contributed by atoms with Crippen LogP contribution in [0.25, 0.3) is 22.2 Å². The number of aromatic nitrogens is 3. The third-order valence-electron chi connectivity index (χ3n) is 4.53. The lowest BCUT2D eigenvalue weighted by atomic mass is 10.0. The van der Waals surface area contributed by atoms with Crippen LogP contribution in [-0.4, -0.2) is 46.4 Å². The molecule has 1 aromatic carbocycles. The minimum Gasteiger partial charge on any atom is -0.497 e. The molecule has 1 unspecified atom stereocenters. The number of β-amino-alcohol motifs (C(OH)–C–C–N with tert-alkyl or cyclic N) is 1. The van der Waals surface area contributed by atoms with E-state index in [0.29, 0.717) is 6.54 Å². The van der Waals surface area contributed by atoms with Crippen LogP contribution in [0.2, 0.25) is 0 Å². The molecule has 1 atom stereocenters. The molecule has 3 heterocycles. The first-order chi connectivity index (χ1) is 11.8. The van der Waals surface area contributed by atoms with E-state index >= 15 is 0 Å². The zero-order valence-corrected chi connectivity index (χ0v) is 13.6. The molecule has 0 spiro atoms. The van der Waals surface area contributed by atoms with Gasteiger partial charge in [0.05, 0.1) is 18.6 Å².